The number of aromatic nitrogens is 1. The van der Waals surface area contributed by atoms with E-state index < -0.39 is 0 Å². The molecule has 0 N–H and O–H groups in total. The molecule has 0 bridgehead atoms. The number of anilines is 1. The fraction of sp³-hybridized carbons (Fsp3) is 0.455. The number of carbonyl (C=O) groups excluding carboxylic acids is 1. The number of piperazine rings is 1. The Morgan fingerprint density at radius 2 is 1.96 bits per heavy atom. The maximum absolute atomic E-state index is 13.0. The molecule has 2 aliphatic rings. The normalized spacial score (nSPS) is 19.7. The molecule has 4 rings (SSSR count). The molecule has 0 saturated carbocycles. The van der Waals surface area contributed by atoms with E-state index in [1.165, 1.54) is 16.8 Å². The molecule has 2 fully saturated rings. The summed E-state index contributed by atoms with van der Waals surface area (Å²) in [4.78, 5) is 21.6. The van der Waals surface area contributed by atoms with Gasteiger partial charge in [-0.1, -0.05) is 12.1 Å². The number of aryl methyl sites for hydroxylation is 2. The molecule has 1 aromatic carbocycles. The van der Waals surface area contributed by atoms with E-state index in [2.05, 4.69) is 41.9 Å². The number of rotatable bonds is 4. The summed E-state index contributed by atoms with van der Waals surface area (Å²) in [5, 5.41) is 0. The summed E-state index contributed by atoms with van der Waals surface area (Å²) in [6.07, 6.45) is 2.94. The molecule has 5 nitrogen and oxygen atoms in total. The summed E-state index contributed by atoms with van der Waals surface area (Å²) in [6.45, 7) is 7.42. The lowest BCUT2D eigenvalue weighted by atomic mass is 10.1. The molecule has 148 valence electrons. The highest BCUT2D eigenvalue weighted by molar-refractivity contribution is 7.99. The van der Waals surface area contributed by atoms with Crippen molar-refractivity contribution in [2.24, 2.45) is 0 Å². The Kier molecular flexibility index (Phi) is 5.76. The number of ether oxygens (including phenoxy) is 1. The van der Waals surface area contributed by atoms with Crippen molar-refractivity contribution in [1.82, 2.24) is 9.88 Å². The average Bonchev–Trinajstić information content (AvgIpc) is 3.23. The third-order valence-electron chi connectivity index (χ3n) is 5.43. The lowest BCUT2D eigenvalue weighted by Crippen LogP contribution is -2.49. The molecule has 28 heavy (non-hydrogen) atoms. The Morgan fingerprint density at radius 1 is 1.14 bits per heavy atom. The van der Waals surface area contributed by atoms with Gasteiger partial charge < -0.3 is 14.5 Å². The van der Waals surface area contributed by atoms with E-state index in [9.17, 15) is 4.79 Å². The largest absolute Gasteiger partial charge is 0.473 e. The topological polar surface area (TPSA) is 45.7 Å². The highest BCUT2D eigenvalue weighted by Crippen LogP contribution is 2.25. The predicted molar refractivity (Wildman–Crippen MR) is 115 cm³/mol. The van der Waals surface area contributed by atoms with Crippen LogP contribution < -0.4 is 9.64 Å². The summed E-state index contributed by atoms with van der Waals surface area (Å²) in [7, 11) is 0. The summed E-state index contributed by atoms with van der Waals surface area (Å²) >= 11 is 1.90. The lowest BCUT2D eigenvalue weighted by molar-refractivity contribution is 0.0745. The van der Waals surface area contributed by atoms with Gasteiger partial charge in [0.2, 0.25) is 5.88 Å². The van der Waals surface area contributed by atoms with Crippen LogP contribution in [0.1, 0.15) is 27.9 Å². The van der Waals surface area contributed by atoms with Crippen molar-refractivity contribution in [1.29, 1.82) is 0 Å². The van der Waals surface area contributed by atoms with E-state index in [1.54, 1.807) is 18.3 Å². The molecule has 1 atom stereocenters. The smallest absolute Gasteiger partial charge is 0.254 e. The van der Waals surface area contributed by atoms with Crippen LogP contribution in [0, 0.1) is 13.8 Å². The van der Waals surface area contributed by atoms with Gasteiger partial charge in [0.25, 0.3) is 5.91 Å². The second kappa shape index (κ2) is 8.43. The van der Waals surface area contributed by atoms with Gasteiger partial charge in [-0.2, -0.15) is 11.8 Å². The second-order valence-electron chi connectivity index (χ2n) is 7.56. The third-order valence-corrected chi connectivity index (χ3v) is 6.56. The summed E-state index contributed by atoms with van der Waals surface area (Å²) < 4.78 is 5.94. The molecule has 0 unspecified atom stereocenters. The SMILES string of the molecule is Cc1ccc(C)c(N2CCN(C(=O)c3ccnc(O[C@H]4CCSC4)c3)CC2)c1. The van der Waals surface area contributed by atoms with Crippen LogP contribution >= 0.6 is 11.8 Å². The lowest BCUT2D eigenvalue weighted by Gasteiger charge is -2.37. The molecule has 1 amide bonds. The van der Waals surface area contributed by atoms with E-state index in [4.69, 9.17) is 4.74 Å². The van der Waals surface area contributed by atoms with Crippen molar-refractivity contribution < 1.29 is 9.53 Å². The summed E-state index contributed by atoms with van der Waals surface area (Å²) in [5.74, 6) is 2.76. The van der Waals surface area contributed by atoms with E-state index in [0.29, 0.717) is 11.4 Å². The number of nitrogens with zero attached hydrogens (tertiary/aromatic N) is 3. The van der Waals surface area contributed by atoms with Crippen molar-refractivity contribution in [2.75, 3.05) is 42.6 Å². The number of thioether (sulfide) groups is 1. The van der Waals surface area contributed by atoms with Crippen LogP contribution in [-0.4, -0.2) is 59.6 Å². The van der Waals surface area contributed by atoms with E-state index >= 15 is 0 Å². The predicted octanol–water partition coefficient (Wildman–Crippen LogP) is 3.55. The van der Waals surface area contributed by atoms with Gasteiger partial charge in [0.05, 0.1) is 0 Å². The Bertz CT molecular complexity index is 843. The van der Waals surface area contributed by atoms with Crippen molar-refractivity contribution in [2.45, 2.75) is 26.4 Å². The minimum atomic E-state index is 0.0636. The van der Waals surface area contributed by atoms with E-state index in [1.807, 2.05) is 16.7 Å². The minimum absolute atomic E-state index is 0.0636. The molecule has 0 radical (unpaired) electrons. The number of amides is 1. The first kappa shape index (κ1) is 19.1. The number of benzene rings is 1. The maximum atomic E-state index is 13.0. The highest BCUT2D eigenvalue weighted by atomic mass is 32.2. The van der Waals surface area contributed by atoms with Crippen LogP contribution in [0.25, 0.3) is 0 Å². The maximum Gasteiger partial charge on any atom is 0.254 e. The second-order valence-corrected chi connectivity index (χ2v) is 8.71. The van der Waals surface area contributed by atoms with Crippen molar-refractivity contribution in [3.8, 4) is 5.88 Å². The Balaban J connectivity index is 1.39. The zero-order valence-electron chi connectivity index (χ0n) is 16.6. The first-order valence-electron chi connectivity index (χ1n) is 9.92. The average molecular weight is 398 g/mol. The van der Waals surface area contributed by atoms with E-state index in [0.717, 1.165) is 44.1 Å². The van der Waals surface area contributed by atoms with Gasteiger partial charge in [-0.3, -0.25) is 4.79 Å². The van der Waals surface area contributed by atoms with Gasteiger partial charge in [0.15, 0.2) is 0 Å². The van der Waals surface area contributed by atoms with Crippen molar-refractivity contribution in [3.05, 3.63) is 53.2 Å². The summed E-state index contributed by atoms with van der Waals surface area (Å²) in [5.41, 5.74) is 4.49. The molecular formula is C22H27N3O2S. The van der Waals surface area contributed by atoms with Crippen LogP contribution in [-0.2, 0) is 0 Å². The van der Waals surface area contributed by atoms with Crippen LogP contribution in [0.15, 0.2) is 36.5 Å². The van der Waals surface area contributed by atoms with Gasteiger partial charge >= 0.3 is 0 Å². The molecule has 2 aliphatic heterocycles. The quantitative estimate of drug-likeness (QED) is 0.790. The standard InChI is InChI=1S/C22H27N3O2S/c1-16-3-4-17(2)20(13-16)24-8-10-25(11-9-24)22(26)18-5-7-23-21(14-18)27-19-6-12-28-15-19/h3-5,7,13-14,19H,6,8-12,15H2,1-2H3/t19-/m0/s1. The summed E-state index contributed by atoms with van der Waals surface area (Å²) in [6, 6.07) is 10.1. The fourth-order valence-corrected chi connectivity index (χ4v) is 4.87. The van der Waals surface area contributed by atoms with Crippen molar-refractivity contribution in [3.63, 3.8) is 0 Å². The zero-order valence-corrected chi connectivity index (χ0v) is 17.4. The van der Waals surface area contributed by atoms with Crippen LogP contribution in [0.5, 0.6) is 5.88 Å². The molecule has 0 aliphatic carbocycles. The van der Waals surface area contributed by atoms with Crippen LogP contribution in [0.4, 0.5) is 5.69 Å². The Hall–Kier alpha value is -2.21. The monoisotopic (exact) mass is 397 g/mol. The van der Waals surface area contributed by atoms with Crippen LogP contribution in [0.3, 0.4) is 0 Å². The number of hydrogen-bond donors (Lipinski definition) is 0. The van der Waals surface area contributed by atoms with E-state index in [-0.39, 0.29) is 12.0 Å². The Morgan fingerprint density at radius 3 is 2.71 bits per heavy atom. The van der Waals surface area contributed by atoms with Gasteiger partial charge in [-0.05, 0) is 49.3 Å². The van der Waals surface area contributed by atoms with Gasteiger partial charge in [-0.25, -0.2) is 4.98 Å². The van der Waals surface area contributed by atoms with Crippen molar-refractivity contribution >= 4 is 23.4 Å². The molecule has 1 aromatic heterocycles. The first-order chi connectivity index (χ1) is 13.6. The van der Waals surface area contributed by atoms with Gasteiger partial charge in [0.1, 0.15) is 6.10 Å². The Labute approximate surface area is 171 Å². The highest BCUT2D eigenvalue weighted by Gasteiger charge is 2.24. The molecule has 6 heteroatoms. The molecular weight excluding hydrogens is 370 g/mol. The molecule has 0 spiro atoms. The number of hydrogen-bond acceptors (Lipinski definition) is 5. The minimum Gasteiger partial charge on any atom is -0.473 e. The molecule has 3 heterocycles. The van der Waals surface area contributed by atoms with Crippen LogP contribution in [0.2, 0.25) is 0 Å². The number of pyridine rings is 1. The molecule has 2 aromatic rings. The first-order valence-corrected chi connectivity index (χ1v) is 11.1. The molecule has 2 saturated heterocycles. The number of carbonyl (C=O) groups is 1. The van der Waals surface area contributed by atoms with Gasteiger partial charge in [0, 0.05) is 55.4 Å². The fourth-order valence-electron chi connectivity index (χ4n) is 3.78. The van der Waals surface area contributed by atoms with Gasteiger partial charge in [-0.15, -0.1) is 0 Å². The zero-order chi connectivity index (χ0) is 19.5. The third kappa shape index (κ3) is 4.27.